The number of hydrogen-bond acceptors (Lipinski definition) is 3. The molecule has 0 saturated carbocycles. The van der Waals surface area contributed by atoms with Crippen molar-refractivity contribution >= 4 is 17.3 Å². The number of nitrogens with zero attached hydrogens (tertiary/aromatic N) is 2. The van der Waals surface area contributed by atoms with E-state index in [2.05, 4.69) is 18.7 Å². The van der Waals surface area contributed by atoms with Gasteiger partial charge in [-0.3, -0.25) is 4.79 Å². The van der Waals surface area contributed by atoms with Gasteiger partial charge in [-0.15, -0.1) is 0 Å². The van der Waals surface area contributed by atoms with Crippen LogP contribution in [0.1, 0.15) is 20.8 Å². The predicted octanol–water partition coefficient (Wildman–Crippen LogP) is 2.21. The molecule has 1 unspecified atom stereocenters. The fourth-order valence-corrected chi connectivity index (χ4v) is 2.52. The molecule has 0 radical (unpaired) electrons. The van der Waals surface area contributed by atoms with Gasteiger partial charge in [0.15, 0.2) is 0 Å². The Kier molecular flexibility index (Phi) is 4.53. The second-order valence-corrected chi connectivity index (χ2v) is 5.90. The summed E-state index contributed by atoms with van der Waals surface area (Å²) >= 11 is 0. The summed E-state index contributed by atoms with van der Waals surface area (Å²) in [6.45, 7) is 9.49. The first-order chi connectivity index (χ1) is 9.50. The van der Waals surface area contributed by atoms with E-state index in [1.54, 1.807) is 0 Å². The van der Waals surface area contributed by atoms with Gasteiger partial charge in [-0.25, -0.2) is 0 Å². The lowest BCUT2D eigenvalue weighted by Crippen LogP contribution is -2.50. The quantitative estimate of drug-likeness (QED) is 0.860. The summed E-state index contributed by atoms with van der Waals surface area (Å²) in [7, 11) is 0. The number of benzene rings is 1. The number of hydrogen-bond donors (Lipinski definition) is 1. The van der Waals surface area contributed by atoms with E-state index < -0.39 is 0 Å². The van der Waals surface area contributed by atoms with E-state index in [4.69, 9.17) is 5.73 Å². The van der Waals surface area contributed by atoms with Crippen LogP contribution in [0.25, 0.3) is 0 Å². The SMILES string of the molecule is CC(C)C(C)C(=O)N1CCN(c2ccccc2N)CC1. The molecule has 20 heavy (non-hydrogen) atoms. The third-order valence-electron chi connectivity index (χ3n) is 4.26. The van der Waals surface area contributed by atoms with Gasteiger partial charge in [0.1, 0.15) is 0 Å². The van der Waals surface area contributed by atoms with Crippen LogP contribution in [0.4, 0.5) is 11.4 Å². The highest BCUT2D eigenvalue weighted by molar-refractivity contribution is 5.79. The van der Waals surface area contributed by atoms with Crippen LogP contribution in [0, 0.1) is 11.8 Å². The fraction of sp³-hybridized carbons (Fsp3) is 0.562. The van der Waals surface area contributed by atoms with Crippen molar-refractivity contribution in [2.24, 2.45) is 11.8 Å². The van der Waals surface area contributed by atoms with Gasteiger partial charge >= 0.3 is 0 Å². The van der Waals surface area contributed by atoms with Gasteiger partial charge in [0.05, 0.1) is 11.4 Å². The highest BCUT2D eigenvalue weighted by atomic mass is 16.2. The summed E-state index contributed by atoms with van der Waals surface area (Å²) in [4.78, 5) is 16.6. The van der Waals surface area contributed by atoms with Gasteiger partial charge in [0.25, 0.3) is 0 Å². The van der Waals surface area contributed by atoms with E-state index in [0.717, 1.165) is 37.6 Å². The zero-order valence-electron chi connectivity index (χ0n) is 12.7. The molecule has 110 valence electrons. The Morgan fingerprint density at radius 2 is 1.70 bits per heavy atom. The maximum Gasteiger partial charge on any atom is 0.225 e. The van der Waals surface area contributed by atoms with E-state index in [1.807, 2.05) is 36.1 Å². The lowest BCUT2D eigenvalue weighted by molar-refractivity contribution is -0.136. The zero-order valence-corrected chi connectivity index (χ0v) is 12.7. The first-order valence-corrected chi connectivity index (χ1v) is 7.39. The van der Waals surface area contributed by atoms with Crippen molar-refractivity contribution in [1.82, 2.24) is 4.90 Å². The molecule has 1 heterocycles. The van der Waals surface area contributed by atoms with Gasteiger partial charge in [0.2, 0.25) is 5.91 Å². The van der Waals surface area contributed by atoms with E-state index in [-0.39, 0.29) is 11.8 Å². The molecule has 1 aliphatic rings. The highest BCUT2D eigenvalue weighted by Crippen LogP contribution is 2.24. The molecule has 1 aromatic rings. The first-order valence-electron chi connectivity index (χ1n) is 7.39. The monoisotopic (exact) mass is 275 g/mol. The van der Waals surface area contributed by atoms with Crippen LogP contribution in [-0.2, 0) is 4.79 Å². The number of carbonyl (C=O) groups is 1. The maximum atomic E-state index is 12.3. The average Bonchev–Trinajstić information content (AvgIpc) is 2.46. The zero-order chi connectivity index (χ0) is 14.7. The number of piperazine rings is 1. The molecule has 0 spiro atoms. The Hall–Kier alpha value is -1.71. The maximum absolute atomic E-state index is 12.3. The summed E-state index contributed by atoms with van der Waals surface area (Å²) in [6.07, 6.45) is 0. The number of anilines is 2. The van der Waals surface area contributed by atoms with Crippen LogP contribution in [0.15, 0.2) is 24.3 Å². The molecule has 4 heteroatoms. The van der Waals surface area contributed by atoms with Crippen molar-refractivity contribution in [3.05, 3.63) is 24.3 Å². The molecule has 1 fully saturated rings. The normalized spacial score (nSPS) is 17.4. The topological polar surface area (TPSA) is 49.6 Å². The minimum atomic E-state index is 0.100. The summed E-state index contributed by atoms with van der Waals surface area (Å²) in [5.41, 5.74) is 7.90. The van der Waals surface area contributed by atoms with Crippen molar-refractivity contribution in [3.8, 4) is 0 Å². The summed E-state index contributed by atoms with van der Waals surface area (Å²) in [5.74, 6) is 0.773. The van der Waals surface area contributed by atoms with Gasteiger partial charge in [0, 0.05) is 32.1 Å². The minimum Gasteiger partial charge on any atom is -0.397 e. The smallest absolute Gasteiger partial charge is 0.225 e. The van der Waals surface area contributed by atoms with Gasteiger partial charge in [-0.1, -0.05) is 32.9 Å². The van der Waals surface area contributed by atoms with Crippen LogP contribution in [-0.4, -0.2) is 37.0 Å². The Morgan fingerprint density at radius 3 is 2.25 bits per heavy atom. The molecule has 4 nitrogen and oxygen atoms in total. The van der Waals surface area contributed by atoms with Crippen LogP contribution >= 0.6 is 0 Å². The standard InChI is InChI=1S/C16H25N3O/c1-12(2)13(3)16(20)19-10-8-18(9-11-19)15-7-5-4-6-14(15)17/h4-7,12-13H,8-11,17H2,1-3H3. The number of nitrogen functional groups attached to an aromatic ring is 1. The summed E-state index contributed by atoms with van der Waals surface area (Å²) in [5, 5.41) is 0. The number of para-hydroxylation sites is 2. The average molecular weight is 275 g/mol. The molecule has 1 saturated heterocycles. The molecule has 0 bridgehead atoms. The Bertz CT molecular complexity index is 465. The summed E-state index contributed by atoms with van der Waals surface area (Å²) in [6, 6.07) is 7.92. The predicted molar refractivity (Wildman–Crippen MR) is 83.6 cm³/mol. The third-order valence-corrected chi connectivity index (χ3v) is 4.26. The van der Waals surface area contributed by atoms with Gasteiger partial charge in [-0.2, -0.15) is 0 Å². The van der Waals surface area contributed by atoms with Crippen molar-refractivity contribution in [1.29, 1.82) is 0 Å². The lowest BCUT2D eigenvalue weighted by atomic mass is 9.96. The van der Waals surface area contributed by atoms with Crippen molar-refractivity contribution in [3.63, 3.8) is 0 Å². The number of amides is 1. The molecule has 1 aliphatic heterocycles. The summed E-state index contributed by atoms with van der Waals surface area (Å²) < 4.78 is 0. The Labute approximate surface area is 121 Å². The van der Waals surface area contributed by atoms with E-state index in [1.165, 1.54) is 0 Å². The van der Waals surface area contributed by atoms with Crippen molar-refractivity contribution < 1.29 is 4.79 Å². The molecule has 1 amide bonds. The Morgan fingerprint density at radius 1 is 1.10 bits per heavy atom. The fourth-order valence-electron chi connectivity index (χ4n) is 2.52. The van der Waals surface area contributed by atoms with Crippen LogP contribution in [0.5, 0.6) is 0 Å². The number of nitrogens with two attached hydrogens (primary N) is 1. The highest BCUT2D eigenvalue weighted by Gasteiger charge is 2.26. The molecule has 2 rings (SSSR count). The second-order valence-electron chi connectivity index (χ2n) is 5.90. The van der Waals surface area contributed by atoms with Gasteiger partial charge in [-0.05, 0) is 18.1 Å². The van der Waals surface area contributed by atoms with E-state index in [0.29, 0.717) is 5.92 Å². The molecular formula is C16H25N3O. The molecule has 2 N–H and O–H groups in total. The van der Waals surface area contributed by atoms with Crippen molar-refractivity contribution in [2.45, 2.75) is 20.8 Å². The Balaban J connectivity index is 1.96. The second kappa shape index (κ2) is 6.16. The van der Waals surface area contributed by atoms with Crippen molar-refractivity contribution in [2.75, 3.05) is 36.8 Å². The van der Waals surface area contributed by atoms with Gasteiger partial charge < -0.3 is 15.5 Å². The molecule has 0 aliphatic carbocycles. The lowest BCUT2D eigenvalue weighted by Gasteiger charge is -2.38. The van der Waals surface area contributed by atoms with E-state index in [9.17, 15) is 4.79 Å². The molecule has 1 aromatic carbocycles. The molecule has 1 atom stereocenters. The molecule has 0 aromatic heterocycles. The molecular weight excluding hydrogens is 250 g/mol. The largest absolute Gasteiger partial charge is 0.397 e. The van der Waals surface area contributed by atoms with Crippen LogP contribution in [0.2, 0.25) is 0 Å². The van der Waals surface area contributed by atoms with Crippen LogP contribution in [0.3, 0.4) is 0 Å². The van der Waals surface area contributed by atoms with Crippen LogP contribution < -0.4 is 10.6 Å². The number of rotatable bonds is 3. The third kappa shape index (κ3) is 3.06. The first kappa shape index (κ1) is 14.7. The van der Waals surface area contributed by atoms with E-state index >= 15 is 0 Å². The minimum absolute atomic E-state index is 0.100. The number of carbonyl (C=O) groups excluding carboxylic acids is 1.